The van der Waals surface area contributed by atoms with Gasteiger partial charge in [0.2, 0.25) is 0 Å². The van der Waals surface area contributed by atoms with Gasteiger partial charge in [-0.05, 0) is 44.2 Å². The molecule has 6 heteroatoms. The second kappa shape index (κ2) is 7.59. The first kappa shape index (κ1) is 17.5. The summed E-state index contributed by atoms with van der Waals surface area (Å²) in [4.78, 5) is 12.0. The maximum Gasteiger partial charge on any atom is 0.251 e. The Hall–Kier alpha value is -2.89. The molecule has 0 aliphatic carbocycles. The van der Waals surface area contributed by atoms with Crippen molar-refractivity contribution in [2.45, 2.75) is 19.9 Å². The van der Waals surface area contributed by atoms with Crippen LogP contribution in [0.15, 0.2) is 36.4 Å². The van der Waals surface area contributed by atoms with Crippen LogP contribution in [0.2, 0.25) is 0 Å². The molecule has 0 fully saturated rings. The lowest BCUT2D eigenvalue weighted by atomic mass is 10.1. The highest BCUT2D eigenvalue weighted by molar-refractivity contribution is 5.96. The van der Waals surface area contributed by atoms with E-state index in [4.69, 9.17) is 15.2 Å². The lowest BCUT2D eigenvalue weighted by Gasteiger charge is -2.15. The first-order chi connectivity index (χ1) is 11.4. The molecule has 0 aromatic heterocycles. The Morgan fingerprint density at radius 3 is 2.33 bits per heavy atom. The van der Waals surface area contributed by atoms with Crippen molar-refractivity contribution in [2.75, 3.05) is 25.3 Å². The van der Waals surface area contributed by atoms with Crippen LogP contribution in [0.5, 0.6) is 11.5 Å². The Labute approximate surface area is 142 Å². The van der Waals surface area contributed by atoms with Gasteiger partial charge >= 0.3 is 0 Å². The molecule has 0 atom stereocenters. The number of nitrogens with one attached hydrogen (secondary N) is 2. The summed E-state index contributed by atoms with van der Waals surface area (Å²) in [5.74, 6) is 1.19. The molecule has 1 amide bonds. The van der Waals surface area contributed by atoms with Gasteiger partial charge in [-0.2, -0.15) is 0 Å². The fourth-order valence-electron chi connectivity index (χ4n) is 2.21. The standard InChI is InChI=1S/C18H23N3O3/c1-11(2)20-18(22)12-5-7-15(14(19)9-12)21-16-8-6-13(23-3)10-17(16)24-4/h5-11,21H,19H2,1-4H3,(H,20,22). The van der Waals surface area contributed by atoms with Crippen LogP contribution < -0.4 is 25.8 Å². The minimum absolute atomic E-state index is 0.0695. The average Bonchev–Trinajstić information content (AvgIpc) is 2.56. The van der Waals surface area contributed by atoms with Crippen LogP contribution in [0, 0.1) is 0 Å². The third kappa shape index (κ3) is 4.10. The Balaban J connectivity index is 2.23. The molecule has 2 aromatic carbocycles. The van der Waals surface area contributed by atoms with Crippen LogP contribution in [0.1, 0.15) is 24.2 Å². The van der Waals surface area contributed by atoms with Gasteiger partial charge in [-0.25, -0.2) is 0 Å². The molecule has 0 saturated carbocycles. The van der Waals surface area contributed by atoms with Crippen molar-refractivity contribution in [1.82, 2.24) is 5.32 Å². The number of carbonyl (C=O) groups is 1. The zero-order chi connectivity index (χ0) is 17.7. The number of nitrogens with two attached hydrogens (primary N) is 1. The van der Waals surface area contributed by atoms with Crippen molar-refractivity contribution in [1.29, 1.82) is 0 Å². The zero-order valence-corrected chi connectivity index (χ0v) is 14.3. The topological polar surface area (TPSA) is 85.6 Å². The van der Waals surface area contributed by atoms with Crippen LogP contribution in [-0.2, 0) is 0 Å². The van der Waals surface area contributed by atoms with Gasteiger partial charge in [0.1, 0.15) is 11.5 Å². The van der Waals surface area contributed by atoms with Gasteiger partial charge in [-0.3, -0.25) is 4.79 Å². The van der Waals surface area contributed by atoms with Crippen molar-refractivity contribution in [3.05, 3.63) is 42.0 Å². The van der Waals surface area contributed by atoms with Gasteiger partial charge in [0.25, 0.3) is 5.91 Å². The van der Waals surface area contributed by atoms with E-state index in [2.05, 4.69) is 10.6 Å². The van der Waals surface area contributed by atoms with E-state index in [1.54, 1.807) is 38.5 Å². The number of rotatable bonds is 6. The monoisotopic (exact) mass is 329 g/mol. The van der Waals surface area contributed by atoms with E-state index in [-0.39, 0.29) is 11.9 Å². The van der Waals surface area contributed by atoms with Gasteiger partial charge in [-0.1, -0.05) is 0 Å². The fourth-order valence-corrected chi connectivity index (χ4v) is 2.21. The quantitative estimate of drug-likeness (QED) is 0.709. The molecular weight excluding hydrogens is 306 g/mol. The number of ether oxygens (including phenoxy) is 2. The third-order valence-electron chi connectivity index (χ3n) is 3.41. The number of nitrogen functional groups attached to an aromatic ring is 1. The molecule has 6 nitrogen and oxygen atoms in total. The lowest BCUT2D eigenvalue weighted by Crippen LogP contribution is -2.30. The largest absolute Gasteiger partial charge is 0.497 e. The summed E-state index contributed by atoms with van der Waals surface area (Å²) in [6, 6.07) is 10.7. The summed E-state index contributed by atoms with van der Waals surface area (Å²) in [7, 11) is 3.18. The van der Waals surface area contributed by atoms with E-state index >= 15 is 0 Å². The molecule has 0 saturated heterocycles. The summed E-state index contributed by atoms with van der Waals surface area (Å²) in [6.07, 6.45) is 0. The Morgan fingerprint density at radius 1 is 1.04 bits per heavy atom. The number of methoxy groups -OCH3 is 2. The van der Waals surface area contributed by atoms with E-state index < -0.39 is 0 Å². The van der Waals surface area contributed by atoms with Crippen molar-refractivity contribution in [3.8, 4) is 11.5 Å². The summed E-state index contributed by atoms with van der Waals surface area (Å²) in [5.41, 5.74) is 8.52. The maximum atomic E-state index is 12.0. The van der Waals surface area contributed by atoms with Crippen LogP contribution >= 0.6 is 0 Å². The number of carbonyl (C=O) groups excluding carboxylic acids is 1. The molecule has 4 N–H and O–H groups in total. The van der Waals surface area contributed by atoms with Crippen molar-refractivity contribution >= 4 is 23.0 Å². The predicted molar refractivity (Wildman–Crippen MR) is 96.3 cm³/mol. The predicted octanol–water partition coefficient (Wildman–Crippen LogP) is 3.17. The Morgan fingerprint density at radius 2 is 1.75 bits per heavy atom. The molecule has 0 unspecified atom stereocenters. The third-order valence-corrected chi connectivity index (χ3v) is 3.41. The molecule has 0 heterocycles. The summed E-state index contributed by atoms with van der Waals surface area (Å²) in [6.45, 7) is 3.82. The molecule has 0 spiro atoms. The van der Waals surface area contributed by atoms with E-state index in [1.807, 2.05) is 26.0 Å². The van der Waals surface area contributed by atoms with Gasteiger partial charge in [0.15, 0.2) is 0 Å². The molecule has 0 aliphatic heterocycles. The molecule has 2 aromatic rings. The second-order valence-electron chi connectivity index (χ2n) is 5.62. The highest BCUT2D eigenvalue weighted by Crippen LogP contribution is 2.33. The number of hydrogen-bond donors (Lipinski definition) is 3. The summed E-state index contributed by atoms with van der Waals surface area (Å²) in [5, 5.41) is 6.05. The molecule has 0 radical (unpaired) electrons. The minimum Gasteiger partial charge on any atom is -0.497 e. The molecule has 0 bridgehead atoms. The molecule has 128 valence electrons. The van der Waals surface area contributed by atoms with E-state index in [0.29, 0.717) is 28.4 Å². The average molecular weight is 329 g/mol. The van der Waals surface area contributed by atoms with Crippen LogP contribution in [0.4, 0.5) is 17.1 Å². The number of benzene rings is 2. The van der Waals surface area contributed by atoms with E-state index in [1.165, 1.54) is 0 Å². The van der Waals surface area contributed by atoms with E-state index in [0.717, 1.165) is 5.69 Å². The molecular formula is C18H23N3O3. The Kier molecular flexibility index (Phi) is 5.52. The lowest BCUT2D eigenvalue weighted by molar-refractivity contribution is 0.0943. The smallest absolute Gasteiger partial charge is 0.251 e. The van der Waals surface area contributed by atoms with Crippen molar-refractivity contribution in [2.24, 2.45) is 0 Å². The number of hydrogen-bond acceptors (Lipinski definition) is 5. The highest BCUT2D eigenvalue weighted by atomic mass is 16.5. The number of anilines is 3. The highest BCUT2D eigenvalue weighted by Gasteiger charge is 2.11. The summed E-state index contributed by atoms with van der Waals surface area (Å²) >= 11 is 0. The molecule has 0 aliphatic rings. The minimum atomic E-state index is -0.148. The van der Waals surface area contributed by atoms with Crippen LogP contribution in [0.3, 0.4) is 0 Å². The number of amides is 1. The zero-order valence-electron chi connectivity index (χ0n) is 14.3. The van der Waals surface area contributed by atoms with Crippen LogP contribution in [0.25, 0.3) is 0 Å². The van der Waals surface area contributed by atoms with Gasteiger partial charge < -0.3 is 25.8 Å². The van der Waals surface area contributed by atoms with E-state index in [9.17, 15) is 4.79 Å². The first-order valence-electron chi connectivity index (χ1n) is 7.64. The fraction of sp³-hybridized carbons (Fsp3) is 0.278. The summed E-state index contributed by atoms with van der Waals surface area (Å²) < 4.78 is 10.5. The SMILES string of the molecule is COc1ccc(Nc2ccc(C(=O)NC(C)C)cc2N)c(OC)c1. The molecule has 2 rings (SSSR count). The van der Waals surface area contributed by atoms with Crippen LogP contribution in [-0.4, -0.2) is 26.2 Å². The van der Waals surface area contributed by atoms with Gasteiger partial charge in [0, 0.05) is 17.7 Å². The van der Waals surface area contributed by atoms with Gasteiger partial charge in [-0.15, -0.1) is 0 Å². The van der Waals surface area contributed by atoms with Crippen molar-refractivity contribution in [3.63, 3.8) is 0 Å². The van der Waals surface area contributed by atoms with Crippen molar-refractivity contribution < 1.29 is 14.3 Å². The maximum absolute atomic E-state index is 12.0. The normalized spacial score (nSPS) is 10.4. The first-order valence-corrected chi connectivity index (χ1v) is 7.64. The molecule has 24 heavy (non-hydrogen) atoms. The van der Waals surface area contributed by atoms with Gasteiger partial charge in [0.05, 0.1) is 31.3 Å². The Bertz CT molecular complexity index is 729. The second-order valence-corrected chi connectivity index (χ2v) is 5.62.